The number of hydrogen-bond acceptors (Lipinski definition) is 6. The minimum atomic E-state index is 0.734. The quantitative estimate of drug-likeness (QED) is 0.646. The smallest absolute Gasteiger partial charge is 0.161 e. The molecule has 0 spiro atoms. The van der Waals surface area contributed by atoms with Gasteiger partial charge in [0, 0.05) is 18.7 Å². The van der Waals surface area contributed by atoms with Gasteiger partial charge in [-0.05, 0) is 23.8 Å². The molecule has 0 saturated carbocycles. The lowest BCUT2D eigenvalue weighted by molar-refractivity contribution is 0.199. The molecule has 1 heterocycles. The lowest BCUT2D eigenvalue weighted by Gasteiger charge is -2.37. The van der Waals surface area contributed by atoms with Gasteiger partial charge < -0.3 is 19.1 Å². The van der Waals surface area contributed by atoms with E-state index < -0.39 is 0 Å². The second-order valence-corrected chi connectivity index (χ2v) is 7.79. The Morgan fingerprint density at radius 1 is 0.926 bits per heavy atom. The normalized spacial score (nSPS) is 14.9. The first-order chi connectivity index (χ1) is 13.1. The van der Waals surface area contributed by atoms with Gasteiger partial charge in [0.1, 0.15) is 10.1 Å². The van der Waals surface area contributed by atoms with Gasteiger partial charge in [-0.15, -0.1) is 0 Å². The number of ether oxygens (including phenoxy) is 3. The van der Waals surface area contributed by atoms with Gasteiger partial charge in [0.25, 0.3) is 0 Å². The van der Waals surface area contributed by atoms with Crippen molar-refractivity contribution in [3.63, 3.8) is 0 Å². The van der Waals surface area contributed by atoms with Crippen molar-refractivity contribution >= 4 is 28.3 Å². The molecule has 0 N–H and O–H groups in total. The van der Waals surface area contributed by atoms with Gasteiger partial charge in [-0.1, -0.05) is 48.2 Å². The van der Waals surface area contributed by atoms with Gasteiger partial charge in [-0.25, -0.2) is 0 Å². The van der Waals surface area contributed by atoms with E-state index in [9.17, 15) is 0 Å². The molecule has 0 unspecified atom stereocenters. The molecule has 0 atom stereocenters. The first-order valence-electron chi connectivity index (χ1n) is 8.61. The molecule has 0 bridgehead atoms. The fourth-order valence-corrected chi connectivity index (χ4v) is 4.12. The van der Waals surface area contributed by atoms with Crippen molar-refractivity contribution in [2.75, 3.05) is 33.9 Å². The van der Waals surface area contributed by atoms with Gasteiger partial charge >= 0.3 is 0 Å². The molecule has 0 aliphatic carbocycles. The summed E-state index contributed by atoms with van der Waals surface area (Å²) in [5.41, 5.74) is 2.31. The predicted octanol–water partition coefficient (Wildman–Crippen LogP) is 3.96. The van der Waals surface area contributed by atoms with Crippen LogP contribution in [0.2, 0.25) is 0 Å². The SMILES string of the molecule is COc1ccccc1CN1CN(Cc2ccc(OC)c(OC)c2)CSC1=S. The molecule has 27 heavy (non-hydrogen) atoms. The van der Waals surface area contributed by atoms with Crippen molar-refractivity contribution in [3.05, 3.63) is 53.6 Å². The van der Waals surface area contributed by atoms with Crippen LogP contribution in [-0.4, -0.2) is 48.0 Å². The van der Waals surface area contributed by atoms with Crippen LogP contribution in [0.25, 0.3) is 0 Å². The zero-order chi connectivity index (χ0) is 19.2. The molecule has 5 nitrogen and oxygen atoms in total. The van der Waals surface area contributed by atoms with Crippen LogP contribution >= 0.6 is 24.0 Å². The molecule has 0 radical (unpaired) electrons. The van der Waals surface area contributed by atoms with Crippen molar-refractivity contribution in [2.24, 2.45) is 0 Å². The maximum atomic E-state index is 5.58. The molecule has 0 amide bonds. The van der Waals surface area contributed by atoms with Crippen LogP contribution in [0.15, 0.2) is 42.5 Å². The summed E-state index contributed by atoms with van der Waals surface area (Å²) in [7, 11) is 5.01. The highest BCUT2D eigenvalue weighted by molar-refractivity contribution is 8.22. The highest BCUT2D eigenvalue weighted by Crippen LogP contribution is 2.30. The fraction of sp³-hybridized carbons (Fsp3) is 0.350. The summed E-state index contributed by atoms with van der Waals surface area (Å²) in [5, 5.41) is 0. The topological polar surface area (TPSA) is 34.2 Å². The minimum absolute atomic E-state index is 0.734. The third kappa shape index (κ3) is 4.86. The standard InChI is InChI=1S/C20H24N2O3S2/c1-23-17-7-5-4-6-16(17)12-22-13-21(14-27-20(22)26)11-15-8-9-18(24-2)19(10-15)25-3/h4-10H,11-14H2,1-3H3. The van der Waals surface area contributed by atoms with Gasteiger partial charge in [-0.2, -0.15) is 0 Å². The van der Waals surface area contributed by atoms with Crippen molar-refractivity contribution in [1.82, 2.24) is 9.80 Å². The van der Waals surface area contributed by atoms with E-state index in [1.165, 1.54) is 5.56 Å². The summed E-state index contributed by atoms with van der Waals surface area (Å²) in [5.74, 6) is 3.26. The lowest BCUT2D eigenvalue weighted by atomic mass is 10.2. The Kier molecular flexibility index (Phi) is 6.82. The molecule has 2 aromatic carbocycles. The molecule has 3 rings (SSSR count). The maximum absolute atomic E-state index is 5.58. The summed E-state index contributed by atoms with van der Waals surface area (Å²) >= 11 is 7.27. The van der Waals surface area contributed by atoms with Crippen LogP contribution in [0.4, 0.5) is 0 Å². The third-order valence-corrected chi connectivity index (χ3v) is 6.02. The van der Waals surface area contributed by atoms with E-state index in [0.717, 1.165) is 52.8 Å². The Bertz CT molecular complexity index is 801. The number of benzene rings is 2. The summed E-state index contributed by atoms with van der Waals surface area (Å²) < 4.78 is 17.1. The zero-order valence-electron chi connectivity index (χ0n) is 15.8. The van der Waals surface area contributed by atoms with Crippen LogP contribution in [0.3, 0.4) is 0 Å². The van der Waals surface area contributed by atoms with Crippen molar-refractivity contribution in [2.45, 2.75) is 13.1 Å². The van der Waals surface area contributed by atoms with Gasteiger partial charge in [0.05, 0.1) is 33.9 Å². The first kappa shape index (κ1) is 19.8. The van der Waals surface area contributed by atoms with Crippen LogP contribution < -0.4 is 14.2 Å². The van der Waals surface area contributed by atoms with E-state index in [1.807, 2.05) is 30.3 Å². The van der Waals surface area contributed by atoms with Crippen molar-refractivity contribution < 1.29 is 14.2 Å². The number of rotatable bonds is 7. The zero-order valence-corrected chi connectivity index (χ0v) is 17.4. The second-order valence-electron chi connectivity index (χ2n) is 6.21. The number of hydrogen-bond donors (Lipinski definition) is 0. The second kappa shape index (κ2) is 9.30. The van der Waals surface area contributed by atoms with Gasteiger partial charge in [-0.3, -0.25) is 4.90 Å². The molecular weight excluding hydrogens is 380 g/mol. The fourth-order valence-electron chi connectivity index (χ4n) is 3.06. The summed E-state index contributed by atoms with van der Waals surface area (Å²) in [6.07, 6.45) is 0. The average molecular weight is 405 g/mol. The number of para-hydroxylation sites is 1. The lowest BCUT2D eigenvalue weighted by Crippen LogP contribution is -2.43. The number of thiocarbonyl (C=S) groups is 1. The average Bonchev–Trinajstić information content (AvgIpc) is 2.70. The summed E-state index contributed by atoms with van der Waals surface area (Å²) in [4.78, 5) is 4.57. The van der Waals surface area contributed by atoms with E-state index in [2.05, 4.69) is 21.9 Å². The Morgan fingerprint density at radius 2 is 1.67 bits per heavy atom. The first-order valence-corrected chi connectivity index (χ1v) is 10.0. The van der Waals surface area contributed by atoms with Crippen LogP contribution in [0.1, 0.15) is 11.1 Å². The number of nitrogens with zero attached hydrogens (tertiary/aromatic N) is 2. The molecule has 1 fully saturated rings. The van der Waals surface area contributed by atoms with Crippen molar-refractivity contribution in [3.8, 4) is 17.2 Å². The molecule has 1 aliphatic rings. The molecular formula is C20H24N2O3S2. The minimum Gasteiger partial charge on any atom is -0.496 e. The van der Waals surface area contributed by atoms with Crippen LogP contribution in [-0.2, 0) is 13.1 Å². The van der Waals surface area contributed by atoms with Crippen LogP contribution in [0.5, 0.6) is 17.2 Å². The van der Waals surface area contributed by atoms with Gasteiger partial charge in [0.2, 0.25) is 0 Å². The highest BCUT2D eigenvalue weighted by atomic mass is 32.2. The Morgan fingerprint density at radius 3 is 2.41 bits per heavy atom. The van der Waals surface area contributed by atoms with Crippen LogP contribution in [0, 0.1) is 0 Å². The highest BCUT2D eigenvalue weighted by Gasteiger charge is 2.23. The maximum Gasteiger partial charge on any atom is 0.161 e. The molecule has 0 aromatic heterocycles. The largest absolute Gasteiger partial charge is 0.496 e. The van der Waals surface area contributed by atoms with E-state index in [0.29, 0.717) is 0 Å². The Balaban J connectivity index is 1.69. The monoisotopic (exact) mass is 404 g/mol. The molecule has 1 aliphatic heterocycles. The van der Waals surface area contributed by atoms with E-state index in [-0.39, 0.29) is 0 Å². The van der Waals surface area contributed by atoms with E-state index in [1.54, 1.807) is 33.1 Å². The predicted molar refractivity (Wildman–Crippen MR) is 114 cm³/mol. The van der Waals surface area contributed by atoms with Gasteiger partial charge in [0.15, 0.2) is 11.5 Å². The van der Waals surface area contributed by atoms with Crippen molar-refractivity contribution in [1.29, 1.82) is 0 Å². The molecule has 144 valence electrons. The number of thioether (sulfide) groups is 1. The molecule has 2 aromatic rings. The number of methoxy groups -OCH3 is 3. The summed E-state index contributed by atoms with van der Waals surface area (Å²) in [6.45, 7) is 2.33. The molecule has 1 saturated heterocycles. The van der Waals surface area contributed by atoms with E-state index >= 15 is 0 Å². The Hall–Kier alpha value is -1.96. The molecule has 7 heteroatoms. The summed E-state index contributed by atoms with van der Waals surface area (Å²) in [6, 6.07) is 14.1. The third-order valence-electron chi connectivity index (χ3n) is 4.41. The Labute approximate surface area is 170 Å². The van der Waals surface area contributed by atoms with E-state index in [4.69, 9.17) is 26.4 Å².